The Morgan fingerprint density at radius 2 is 1.09 bits per heavy atom. The van der Waals surface area contributed by atoms with E-state index in [0.717, 1.165) is 6.42 Å². The standard InChI is InChI=1S/C34H24/c1-34(2)31-19-29-23(16-22-15-20-9-3-4-10-21(20)17-28(22)29)18-30(31)32-26-13-7-5-11-24(26)25-12-6-8-14-27(25)33(32)34/h3-15,17-19H,16H2,1-2H3. The molecule has 0 nitrogen and oxygen atoms in total. The van der Waals surface area contributed by atoms with E-state index >= 15 is 0 Å². The second kappa shape index (κ2) is 6.15. The number of fused-ring (bicyclic) bond motifs is 12. The number of hydrogen-bond donors (Lipinski definition) is 0. The fraction of sp³-hybridized carbons (Fsp3) is 0.118. The van der Waals surface area contributed by atoms with Crippen LogP contribution < -0.4 is 0 Å². The summed E-state index contributed by atoms with van der Waals surface area (Å²) in [5.41, 5.74) is 11.5. The van der Waals surface area contributed by atoms with Crippen LogP contribution in [0, 0.1) is 0 Å². The molecule has 2 aliphatic carbocycles. The van der Waals surface area contributed by atoms with Gasteiger partial charge >= 0.3 is 0 Å². The van der Waals surface area contributed by atoms with Crippen molar-refractivity contribution in [1.82, 2.24) is 0 Å². The van der Waals surface area contributed by atoms with Gasteiger partial charge in [-0.1, -0.05) is 92.7 Å². The molecule has 0 aromatic heterocycles. The van der Waals surface area contributed by atoms with E-state index in [4.69, 9.17) is 0 Å². The molecule has 2 aliphatic rings. The molecule has 0 amide bonds. The van der Waals surface area contributed by atoms with Crippen LogP contribution in [0.2, 0.25) is 0 Å². The summed E-state index contributed by atoms with van der Waals surface area (Å²) in [6.45, 7) is 4.84. The van der Waals surface area contributed by atoms with Gasteiger partial charge in [0.15, 0.2) is 0 Å². The van der Waals surface area contributed by atoms with Crippen molar-refractivity contribution in [3.8, 4) is 22.3 Å². The molecule has 160 valence electrons. The number of rotatable bonds is 0. The van der Waals surface area contributed by atoms with Gasteiger partial charge in [0.05, 0.1) is 0 Å². The Morgan fingerprint density at radius 3 is 1.85 bits per heavy atom. The highest BCUT2D eigenvalue weighted by Crippen LogP contribution is 2.56. The molecule has 6 aromatic carbocycles. The third-order valence-electron chi connectivity index (χ3n) is 8.39. The summed E-state index contributed by atoms with van der Waals surface area (Å²) in [5, 5.41) is 8.16. The molecule has 34 heavy (non-hydrogen) atoms. The number of benzene rings is 6. The van der Waals surface area contributed by atoms with Crippen LogP contribution in [0.3, 0.4) is 0 Å². The van der Waals surface area contributed by atoms with Gasteiger partial charge in [-0.05, 0) is 101 Å². The van der Waals surface area contributed by atoms with Crippen molar-refractivity contribution in [3.63, 3.8) is 0 Å². The molecule has 6 aromatic rings. The van der Waals surface area contributed by atoms with Crippen molar-refractivity contribution < 1.29 is 0 Å². The van der Waals surface area contributed by atoms with Gasteiger partial charge < -0.3 is 0 Å². The van der Waals surface area contributed by atoms with Gasteiger partial charge in [-0.15, -0.1) is 0 Å². The third-order valence-corrected chi connectivity index (χ3v) is 8.39. The molecule has 0 saturated heterocycles. The molecule has 0 spiro atoms. The van der Waals surface area contributed by atoms with Gasteiger partial charge in [-0.2, -0.15) is 0 Å². The molecule has 8 rings (SSSR count). The molecular weight excluding hydrogens is 408 g/mol. The molecule has 0 saturated carbocycles. The Kier molecular flexibility index (Phi) is 3.35. The maximum absolute atomic E-state index is 2.52. The second-order valence-corrected chi connectivity index (χ2v) is 10.6. The van der Waals surface area contributed by atoms with Crippen LogP contribution in [0.4, 0.5) is 0 Å². The molecule has 0 radical (unpaired) electrons. The van der Waals surface area contributed by atoms with Crippen LogP contribution in [0.25, 0.3) is 54.6 Å². The normalized spacial score (nSPS) is 14.9. The Bertz CT molecular complexity index is 1850. The molecule has 0 bridgehead atoms. The van der Waals surface area contributed by atoms with Crippen LogP contribution in [0.5, 0.6) is 0 Å². The zero-order chi connectivity index (χ0) is 22.6. The molecule has 0 unspecified atom stereocenters. The lowest BCUT2D eigenvalue weighted by molar-refractivity contribution is 0.666. The fourth-order valence-corrected chi connectivity index (χ4v) is 6.86. The zero-order valence-electron chi connectivity index (χ0n) is 19.4. The fourth-order valence-electron chi connectivity index (χ4n) is 6.86. The largest absolute Gasteiger partial charge is 0.0616 e. The van der Waals surface area contributed by atoms with Gasteiger partial charge in [-0.25, -0.2) is 0 Å². The minimum absolute atomic E-state index is 0.0526. The smallest absolute Gasteiger partial charge is 0.0165 e. The maximum Gasteiger partial charge on any atom is 0.0165 e. The summed E-state index contributed by atoms with van der Waals surface area (Å²) >= 11 is 0. The van der Waals surface area contributed by atoms with Crippen LogP contribution in [0.15, 0.2) is 97.1 Å². The van der Waals surface area contributed by atoms with Crippen LogP contribution in [-0.2, 0) is 11.8 Å². The summed E-state index contributed by atoms with van der Waals surface area (Å²) in [6.07, 6.45) is 1.02. The summed E-state index contributed by atoms with van der Waals surface area (Å²) < 4.78 is 0. The lowest BCUT2D eigenvalue weighted by atomic mass is 9.78. The van der Waals surface area contributed by atoms with Crippen LogP contribution >= 0.6 is 0 Å². The zero-order valence-corrected chi connectivity index (χ0v) is 19.4. The predicted octanol–water partition coefficient (Wildman–Crippen LogP) is 9.02. The summed E-state index contributed by atoms with van der Waals surface area (Å²) in [5.74, 6) is 0. The first-order chi connectivity index (χ1) is 16.6. The summed E-state index contributed by atoms with van der Waals surface area (Å²) in [4.78, 5) is 0. The number of hydrogen-bond acceptors (Lipinski definition) is 0. The lowest BCUT2D eigenvalue weighted by Gasteiger charge is -2.24. The highest BCUT2D eigenvalue weighted by Gasteiger charge is 2.39. The van der Waals surface area contributed by atoms with Crippen LogP contribution in [0.1, 0.15) is 36.1 Å². The van der Waals surface area contributed by atoms with Crippen molar-refractivity contribution in [2.75, 3.05) is 0 Å². The summed E-state index contributed by atoms with van der Waals surface area (Å²) in [6, 6.07) is 36.5. The van der Waals surface area contributed by atoms with Crippen LogP contribution in [-0.4, -0.2) is 0 Å². The van der Waals surface area contributed by atoms with Gasteiger partial charge in [0.1, 0.15) is 0 Å². The molecule has 0 N–H and O–H groups in total. The molecule has 0 atom stereocenters. The third kappa shape index (κ3) is 2.19. The van der Waals surface area contributed by atoms with E-state index in [1.807, 2.05) is 0 Å². The summed E-state index contributed by atoms with van der Waals surface area (Å²) in [7, 11) is 0. The first kappa shape index (κ1) is 18.5. The predicted molar refractivity (Wildman–Crippen MR) is 145 cm³/mol. The monoisotopic (exact) mass is 432 g/mol. The minimum atomic E-state index is -0.0526. The van der Waals surface area contributed by atoms with E-state index in [-0.39, 0.29) is 5.41 Å². The highest BCUT2D eigenvalue weighted by molar-refractivity contribution is 6.18. The Morgan fingerprint density at radius 1 is 0.529 bits per heavy atom. The Balaban J connectivity index is 1.47. The lowest BCUT2D eigenvalue weighted by Crippen LogP contribution is -2.15. The second-order valence-electron chi connectivity index (χ2n) is 10.6. The van der Waals surface area contributed by atoms with Gasteiger partial charge in [0.2, 0.25) is 0 Å². The molecular formula is C34H24. The van der Waals surface area contributed by atoms with Gasteiger partial charge in [0, 0.05) is 5.41 Å². The van der Waals surface area contributed by atoms with E-state index in [1.54, 1.807) is 0 Å². The quantitative estimate of drug-likeness (QED) is 0.210. The Labute approximate surface area is 199 Å². The first-order valence-corrected chi connectivity index (χ1v) is 12.2. The average Bonchev–Trinajstić information content (AvgIpc) is 3.32. The highest BCUT2D eigenvalue weighted by atomic mass is 14.4. The molecule has 0 heterocycles. The van der Waals surface area contributed by atoms with Gasteiger partial charge in [0.25, 0.3) is 0 Å². The van der Waals surface area contributed by atoms with Crippen molar-refractivity contribution in [2.24, 2.45) is 0 Å². The van der Waals surface area contributed by atoms with E-state index < -0.39 is 0 Å². The van der Waals surface area contributed by atoms with E-state index in [1.165, 1.54) is 76.8 Å². The van der Waals surface area contributed by atoms with Gasteiger partial charge in [-0.3, -0.25) is 0 Å². The molecule has 0 heteroatoms. The van der Waals surface area contributed by atoms with E-state index in [9.17, 15) is 0 Å². The van der Waals surface area contributed by atoms with Crippen molar-refractivity contribution in [2.45, 2.75) is 25.7 Å². The maximum atomic E-state index is 2.52. The first-order valence-electron chi connectivity index (χ1n) is 12.2. The minimum Gasteiger partial charge on any atom is -0.0616 e. The van der Waals surface area contributed by atoms with Crippen molar-refractivity contribution >= 4 is 32.3 Å². The van der Waals surface area contributed by atoms with Crippen molar-refractivity contribution in [3.05, 3.63) is 119 Å². The van der Waals surface area contributed by atoms with E-state index in [2.05, 4.69) is 111 Å². The van der Waals surface area contributed by atoms with E-state index in [0.29, 0.717) is 0 Å². The topological polar surface area (TPSA) is 0 Å². The Hall–Kier alpha value is -3.90. The van der Waals surface area contributed by atoms with Crippen molar-refractivity contribution in [1.29, 1.82) is 0 Å². The average molecular weight is 433 g/mol. The SMILES string of the molecule is CC1(C)c2cc3c(cc2-c2c1c1ccccc1c1ccccc21)Cc1cc2ccccc2cc1-3. The molecule has 0 fully saturated rings. The molecule has 0 aliphatic heterocycles.